The van der Waals surface area contributed by atoms with Crippen molar-refractivity contribution in [2.75, 3.05) is 13.2 Å². The molecule has 0 spiro atoms. The third-order valence-corrected chi connectivity index (χ3v) is 2.81. The van der Waals surface area contributed by atoms with Crippen molar-refractivity contribution in [3.63, 3.8) is 0 Å². The molecule has 1 aliphatic heterocycles. The van der Waals surface area contributed by atoms with Crippen LogP contribution in [0.15, 0.2) is 24.3 Å². The highest BCUT2D eigenvalue weighted by molar-refractivity contribution is 5.26. The van der Waals surface area contributed by atoms with Crippen LogP contribution in [-0.2, 0) is 10.9 Å². The van der Waals surface area contributed by atoms with Crippen LogP contribution < -0.4 is 5.32 Å². The summed E-state index contributed by atoms with van der Waals surface area (Å²) in [4.78, 5) is 0. The third kappa shape index (κ3) is 2.98. The van der Waals surface area contributed by atoms with Crippen LogP contribution in [-0.4, -0.2) is 19.2 Å². The Balaban J connectivity index is 2.08. The van der Waals surface area contributed by atoms with Crippen molar-refractivity contribution >= 4 is 0 Å². The van der Waals surface area contributed by atoms with Gasteiger partial charge in [0.25, 0.3) is 0 Å². The molecule has 0 radical (unpaired) electrons. The van der Waals surface area contributed by atoms with E-state index in [1.54, 1.807) is 0 Å². The number of hydrogen-bond donors (Lipinski definition) is 1. The number of rotatable bonds is 1. The number of nitrogens with one attached hydrogen (secondary N) is 1. The fourth-order valence-corrected chi connectivity index (χ4v) is 1.79. The molecule has 94 valence electrons. The van der Waals surface area contributed by atoms with E-state index in [9.17, 15) is 13.2 Å². The van der Waals surface area contributed by atoms with Crippen LogP contribution in [0, 0.1) is 0 Å². The smallest absolute Gasteiger partial charge is 0.371 e. The SMILES string of the molecule is CC1COC(c2ccc(C(F)(F)F)cc2)CN1. The van der Waals surface area contributed by atoms with E-state index in [1.165, 1.54) is 12.1 Å². The van der Waals surface area contributed by atoms with Crippen molar-refractivity contribution in [1.82, 2.24) is 5.32 Å². The summed E-state index contributed by atoms with van der Waals surface area (Å²) in [6, 6.07) is 5.43. The lowest BCUT2D eigenvalue weighted by atomic mass is 10.1. The van der Waals surface area contributed by atoms with E-state index in [2.05, 4.69) is 5.32 Å². The lowest BCUT2D eigenvalue weighted by Crippen LogP contribution is -2.40. The molecule has 1 aliphatic rings. The van der Waals surface area contributed by atoms with Gasteiger partial charge in [-0.2, -0.15) is 13.2 Å². The van der Waals surface area contributed by atoms with Crippen LogP contribution in [0.3, 0.4) is 0 Å². The fraction of sp³-hybridized carbons (Fsp3) is 0.500. The molecule has 17 heavy (non-hydrogen) atoms. The summed E-state index contributed by atoms with van der Waals surface area (Å²) in [6.07, 6.45) is -4.44. The highest BCUT2D eigenvalue weighted by Gasteiger charge is 2.30. The summed E-state index contributed by atoms with van der Waals surface area (Å²) in [5.41, 5.74) is 0.149. The standard InChI is InChI=1S/C12H14F3NO/c1-8-7-17-11(6-16-8)9-2-4-10(5-3-9)12(13,14)15/h2-5,8,11,16H,6-7H2,1H3. The van der Waals surface area contributed by atoms with E-state index in [1.807, 2.05) is 6.92 Å². The zero-order chi connectivity index (χ0) is 12.5. The highest BCUT2D eigenvalue weighted by atomic mass is 19.4. The molecule has 5 heteroatoms. The minimum atomic E-state index is -4.28. The highest BCUT2D eigenvalue weighted by Crippen LogP contribution is 2.30. The van der Waals surface area contributed by atoms with Gasteiger partial charge in [0.15, 0.2) is 0 Å². The predicted molar refractivity (Wildman–Crippen MR) is 57.6 cm³/mol. The van der Waals surface area contributed by atoms with Gasteiger partial charge in [-0.15, -0.1) is 0 Å². The molecule has 0 aliphatic carbocycles. The Hall–Kier alpha value is -1.07. The van der Waals surface area contributed by atoms with Gasteiger partial charge in [-0.3, -0.25) is 0 Å². The maximum atomic E-state index is 12.4. The first kappa shape index (κ1) is 12.4. The average molecular weight is 245 g/mol. The van der Waals surface area contributed by atoms with E-state index in [4.69, 9.17) is 4.74 Å². The van der Waals surface area contributed by atoms with E-state index < -0.39 is 11.7 Å². The molecule has 2 atom stereocenters. The van der Waals surface area contributed by atoms with Crippen molar-refractivity contribution < 1.29 is 17.9 Å². The topological polar surface area (TPSA) is 21.3 Å². The number of ether oxygens (including phenoxy) is 1. The Bertz CT molecular complexity index is 366. The number of benzene rings is 1. The molecule has 1 saturated heterocycles. The molecule has 1 aromatic rings. The summed E-state index contributed by atoms with van der Waals surface area (Å²) in [5.74, 6) is 0. The molecule has 1 aromatic carbocycles. The van der Waals surface area contributed by atoms with Gasteiger partial charge in [0, 0.05) is 12.6 Å². The monoisotopic (exact) mass is 245 g/mol. The Morgan fingerprint density at radius 2 is 1.88 bits per heavy atom. The second-order valence-corrected chi connectivity index (χ2v) is 4.25. The van der Waals surface area contributed by atoms with Crippen molar-refractivity contribution in [2.45, 2.75) is 25.2 Å². The van der Waals surface area contributed by atoms with E-state index in [0.717, 1.165) is 17.7 Å². The lowest BCUT2D eigenvalue weighted by Gasteiger charge is -2.28. The van der Waals surface area contributed by atoms with E-state index in [0.29, 0.717) is 19.2 Å². The van der Waals surface area contributed by atoms with Crippen molar-refractivity contribution in [2.24, 2.45) is 0 Å². The van der Waals surface area contributed by atoms with Gasteiger partial charge in [-0.05, 0) is 24.6 Å². The first-order valence-electron chi connectivity index (χ1n) is 5.49. The summed E-state index contributed by atoms with van der Waals surface area (Å²) in [7, 11) is 0. The van der Waals surface area contributed by atoms with Gasteiger partial charge in [0.05, 0.1) is 18.3 Å². The van der Waals surface area contributed by atoms with Gasteiger partial charge >= 0.3 is 6.18 Å². The van der Waals surface area contributed by atoms with Gasteiger partial charge in [0.2, 0.25) is 0 Å². The molecule has 1 N–H and O–H groups in total. The minimum absolute atomic E-state index is 0.159. The van der Waals surface area contributed by atoms with Crippen LogP contribution in [0.1, 0.15) is 24.2 Å². The Labute approximate surface area is 97.8 Å². The van der Waals surface area contributed by atoms with Crippen LogP contribution >= 0.6 is 0 Å². The summed E-state index contributed by atoms with van der Waals surface area (Å²) >= 11 is 0. The zero-order valence-corrected chi connectivity index (χ0v) is 9.42. The van der Waals surface area contributed by atoms with Crippen LogP contribution in [0.4, 0.5) is 13.2 Å². The van der Waals surface area contributed by atoms with Crippen LogP contribution in [0.5, 0.6) is 0 Å². The second-order valence-electron chi connectivity index (χ2n) is 4.25. The van der Waals surface area contributed by atoms with E-state index >= 15 is 0 Å². The zero-order valence-electron chi connectivity index (χ0n) is 9.42. The Morgan fingerprint density at radius 3 is 2.35 bits per heavy atom. The summed E-state index contributed by atoms with van der Waals surface area (Å²) in [6.45, 7) is 3.21. The lowest BCUT2D eigenvalue weighted by molar-refractivity contribution is -0.137. The molecule has 0 saturated carbocycles. The number of halogens is 3. The molecule has 2 unspecified atom stereocenters. The molecular formula is C12H14F3NO. The van der Waals surface area contributed by atoms with Gasteiger partial charge in [-0.25, -0.2) is 0 Å². The van der Waals surface area contributed by atoms with Crippen molar-refractivity contribution in [1.29, 1.82) is 0 Å². The normalized spacial score (nSPS) is 25.9. The molecule has 0 amide bonds. The molecule has 0 aromatic heterocycles. The van der Waals surface area contributed by atoms with Gasteiger partial charge < -0.3 is 10.1 Å². The van der Waals surface area contributed by atoms with Crippen LogP contribution in [0.2, 0.25) is 0 Å². The number of alkyl halides is 3. The molecule has 1 fully saturated rings. The Morgan fingerprint density at radius 1 is 1.24 bits per heavy atom. The van der Waals surface area contributed by atoms with Crippen LogP contribution in [0.25, 0.3) is 0 Å². The molecule has 0 bridgehead atoms. The third-order valence-electron chi connectivity index (χ3n) is 2.81. The summed E-state index contributed by atoms with van der Waals surface area (Å²) in [5, 5.41) is 3.23. The van der Waals surface area contributed by atoms with Gasteiger partial charge in [-0.1, -0.05) is 12.1 Å². The second kappa shape index (κ2) is 4.66. The summed E-state index contributed by atoms with van der Waals surface area (Å²) < 4.78 is 42.7. The van der Waals surface area contributed by atoms with Gasteiger partial charge in [0.1, 0.15) is 0 Å². The first-order valence-corrected chi connectivity index (χ1v) is 5.49. The molecule has 1 heterocycles. The molecular weight excluding hydrogens is 231 g/mol. The van der Waals surface area contributed by atoms with Crippen molar-refractivity contribution in [3.8, 4) is 0 Å². The average Bonchev–Trinajstić information content (AvgIpc) is 2.29. The first-order chi connectivity index (χ1) is 7.97. The van der Waals surface area contributed by atoms with Crippen molar-refractivity contribution in [3.05, 3.63) is 35.4 Å². The maximum absolute atomic E-state index is 12.4. The largest absolute Gasteiger partial charge is 0.416 e. The predicted octanol–water partition coefficient (Wildman–Crippen LogP) is 2.75. The fourth-order valence-electron chi connectivity index (χ4n) is 1.79. The van der Waals surface area contributed by atoms with E-state index in [-0.39, 0.29) is 6.10 Å². The molecule has 2 nitrogen and oxygen atoms in total. The minimum Gasteiger partial charge on any atom is -0.371 e. The number of morpholine rings is 1. The quantitative estimate of drug-likeness (QED) is 0.821. The molecule has 2 rings (SSSR count). The number of hydrogen-bond acceptors (Lipinski definition) is 2. The maximum Gasteiger partial charge on any atom is 0.416 e. The Kier molecular flexibility index (Phi) is 3.40.